The zero-order chi connectivity index (χ0) is 28.8. The van der Waals surface area contributed by atoms with Crippen LogP contribution in [0.15, 0.2) is 182 Å². The molecular weight excluding hydrogens is 550 g/mol. The summed E-state index contributed by atoms with van der Waals surface area (Å²) >= 11 is 0. The van der Waals surface area contributed by atoms with Crippen LogP contribution in [0.4, 0.5) is 0 Å². The van der Waals surface area contributed by atoms with Crippen molar-refractivity contribution >= 4 is 57.0 Å². The summed E-state index contributed by atoms with van der Waals surface area (Å²) in [5.41, 5.74) is 0. The van der Waals surface area contributed by atoms with Crippen LogP contribution in [0, 0.1) is 0 Å². The van der Waals surface area contributed by atoms with Gasteiger partial charge >= 0.3 is 5.97 Å². The summed E-state index contributed by atoms with van der Waals surface area (Å²) in [5, 5.41) is 18.5. The van der Waals surface area contributed by atoms with Crippen molar-refractivity contribution in [3.8, 4) is 0 Å². The lowest BCUT2D eigenvalue weighted by Crippen LogP contribution is -2.44. The van der Waals surface area contributed by atoms with Crippen LogP contribution < -0.4 is 31.8 Å². The van der Waals surface area contributed by atoms with Gasteiger partial charge in [-0.2, -0.15) is 0 Å². The lowest BCUT2D eigenvalue weighted by atomic mass is 10.4. The Kier molecular flexibility index (Phi) is 8.02. The molecule has 0 heterocycles. The van der Waals surface area contributed by atoms with Gasteiger partial charge in [0.15, 0.2) is 7.26 Å². The van der Waals surface area contributed by atoms with Crippen molar-refractivity contribution in [1.82, 2.24) is 0 Å². The smallest absolute Gasteiger partial charge is 0.373 e. The fourth-order valence-electron chi connectivity index (χ4n) is 6.05. The number of rotatable bonds is 8. The van der Waals surface area contributed by atoms with E-state index in [9.17, 15) is 9.90 Å². The van der Waals surface area contributed by atoms with E-state index in [-0.39, 0.29) is 0 Å². The second-order valence-corrected chi connectivity index (χ2v) is 17.0. The van der Waals surface area contributed by atoms with Gasteiger partial charge in [-0.05, 0) is 52.3 Å². The van der Waals surface area contributed by atoms with Crippen molar-refractivity contribution in [2.24, 2.45) is 0 Å². The molecule has 0 spiro atoms. The third kappa shape index (κ3) is 4.64. The third-order valence-electron chi connectivity index (χ3n) is 7.69. The van der Waals surface area contributed by atoms with E-state index in [1.54, 1.807) is 0 Å². The van der Waals surface area contributed by atoms with Crippen LogP contribution in [0.2, 0.25) is 0 Å². The normalized spacial score (nSPS) is 11.5. The van der Waals surface area contributed by atoms with Crippen LogP contribution in [0.5, 0.6) is 0 Å². The molecule has 6 rings (SSSR count). The van der Waals surface area contributed by atoms with Crippen LogP contribution in [0.1, 0.15) is 0 Å². The van der Waals surface area contributed by atoms with Gasteiger partial charge in [-0.3, -0.25) is 0 Å². The highest BCUT2D eigenvalue weighted by molar-refractivity contribution is 8.22. The number of carboxylic acid groups (broad SMARTS) is 1. The van der Waals surface area contributed by atoms with E-state index in [1.807, 2.05) is 109 Å². The first kappa shape index (κ1) is 27.7. The Labute approximate surface area is 248 Å². The second-order valence-electron chi connectivity index (χ2n) is 9.98. The zero-order valence-electron chi connectivity index (χ0n) is 23.1. The van der Waals surface area contributed by atoms with Gasteiger partial charge in [0.25, 0.3) is 0 Å². The van der Waals surface area contributed by atoms with Gasteiger partial charge in [0.1, 0.15) is 15.9 Å². The van der Waals surface area contributed by atoms with Crippen molar-refractivity contribution in [2.45, 2.75) is 0 Å². The Bertz CT molecular complexity index is 1620. The maximum absolute atomic E-state index is 14.5. The van der Waals surface area contributed by atoms with Crippen molar-refractivity contribution in [3.63, 3.8) is 0 Å². The summed E-state index contributed by atoms with van der Waals surface area (Å²) in [7, 11) is -2.97. The van der Waals surface area contributed by atoms with E-state index in [4.69, 9.17) is 0 Å². The van der Waals surface area contributed by atoms with E-state index >= 15 is 0 Å². The number of carboxylic acids is 1. The fraction of sp³-hybridized carbons (Fsp3) is 0. The minimum absolute atomic E-state index is 0.558. The molecule has 0 saturated heterocycles. The monoisotopic (exact) mass is 581 g/mol. The molecule has 6 aromatic rings. The van der Waals surface area contributed by atoms with Crippen LogP contribution in [-0.4, -0.2) is 16.1 Å². The quantitative estimate of drug-likeness (QED) is 0.218. The predicted molar refractivity (Wildman–Crippen MR) is 183 cm³/mol. The molecule has 1 N–H and O–H groups in total. The van der Waals surface area contributed by atoms with Crippen LogP contribution in [-0.2, 0) is 4.79 Å². The molecule has 0 atom stereocenters. The minimum Gasteiger partial charge on any atom is -0.475 e. The summed E-state index contributed by atoms with van der Waals surface area (Å²) in [6, 6.07) is 61.8. The molecule has 4 heteroatoms. The van der Waals surface area contributed by atoms with Gasteiger partial charge in [0, 0.05) is 6.89 Å². The molecule has 0 aliphatic rings. The first-order valence-electron chi connectivity index (χ1n) is 13.9. The molecule has 204 valence electrons. The van der Waals surface area contributed by atoms with Gasteiger partial charge in [0.2, 0.25) is 5.03 Å². The van der Waals surface area contributed by atoms with E-state index < -0.39 is 20.1 Å². The fourth-order valence-corrected chi connectivity index (χ4v) is 17.5. The first-order valence-corrected chi connectivity index (χ1v) is 17.5. The molecule has 0 amide bonds. The van der Waals surface area contributed by atoms with Crippen LogP contribution in [0.3, 0.4) is 0 Å². The zero-order valence-corrected chi connectivity index (χ0v) is 24.9. The van der Waals surface area contributed by atoms with Gasteiger partial charge < -0.3 is 5.11 Å². The van der Waals surface area contributed by atoms with Crippen LogP contribution in [0.25, 0.3) is 0 Å². The Balaban J connectivity index is 2.01. The molecule has 0 saturated carbocycles. The van der Waals surface area contributed by atoms with Crippen molar-refractivity contribution in [2.75, 3.05) is 0 Å². The number of hydrogen-bond acceptors (Lipinski definition) is 1. The molecule has 0 unspecified atom stereocenters. The molecular formula is C38H31O2P2+. The molecule has 0 bridgehead atoms. The molecule has 0 aliphatic heterocycles. The van der Waals surface area contributed by atoms with Gasteiger partial charge in [0.05, 0.1) is 0 Å². The van der Waals surface area contributed by atoms with Gasteiger partial charge in [-0.1, -0.05) is 146 Å². The molecule has 42 heavy (non-hydrogen) atoms. The summed E-state index contributed by atoms with van der Waals surface area (Å²) < 4.78 is 0. The third-order valence-corrected chi connectivity index (χ3v) is 17.6. The summed E-state index contributed by atoms with van der Waals surface area (Å²) in [6.07, 6.45) is 0. The van der Waals surface area contributed by atoms with Gasteiger partial charge in [-0.25, -0.2) is 4.79 Å². The van der Waals surface area contributed by atoms with Gasteiger partial charge in [-0.15, -0.1) is 0 Å². The second kappa shape index (κ2) is 12.2. The SMILES string of the molecule is O=C(O)C(=P(c1ccccc1)(c1ccccc1)c1ccccc1)[P+](c1ccccc1)(c1ccccc1)c1ccccc1. The Morgan fingerprint density at radius 2 is 0.643 bits per heavy atom. The maximum Gasteiger partial charge on any atom is 0.373 e. The highest BCUT2D eigenvalue weighted by Gasteiger charge is 2.57. The topological polar surface area (TPSA) is 37.3 Å². The lowest BCUT2D eigenvalue weighted by Gasteiger charge is -2.36. The van der Waals surface area contributed by atoms with E-state index in [2.05, 4.69) is 72.8 Å². The Morgan fingerprint density at radius 3 is 0.881 bits per heavy atom. The molecule has 0 aromatic heterocycles. The van der Waals surface area contributed by atoms with Crippen molar-refractivity contribution in [1.29, 1.82) is 0 Å². The average molecular weight is 582 g/mol. The predicted octanol–water partition coefficient (Wildman–Crippen LogP) is 6.19. The summed E-state index contributed by atoms with van der Waals surface area (Å²) in [6.45, 7) is -2.97. The Morgan fingerprint density at radius 1 is 0.405 bits per heavy atom. The van der Waals surface area contributed by atoms with E-state index in [0.29, 0.717) is 5.03 Å². The van der Waals surface area contributed by atoms with E-state index in [0.717, 1.165) is 31.8 Å². The van der Waals surface area contributed by atoms with Crippen molar-refractivity contribution in [3.05, 3.63) is 182 Å². The number of hydrogen-bond donors (Lipinski definition) is 1. The molecule has 0 fully saturated rings. The highest BCUT2D eigenvalue weighted by Crippen LogP contribution is 2.65. The molecule has 6 aromatic carbocycles. The van der Waals surface area contributed by atoms with E-state index in [1.165, 1.54) is 0 Å². The van der Waals surface area contributed by atoms with Crippen molar-refractivity contribution < 1.29 is 9.90 Å². The summed E-state index contributed by atoms with van der Waals surface area (Å²) in [5.74, 6) is -0.871. The number of aliphatic carboxylic acids is 1. The largest absolute Gasteiger partial charge is 0.475 e. The summed E-state index contributed by atoms with van der Waals surface area (Å²) in [4.78, 5) is 14.5. The maximum atomic E-state index is 14.5. The molecule has 0 aliphatic carbocycles. The first-order chi connectivity index (χ1) is 20.7. The Hall–Kier alpha value is -4.48. The molecule has 2 nitrogen and oxygen atoms in total. The average Bonchev–Trinajstić information content (AvgIpc) is 3.07. The number of carbonyl (C=O) groups is 1. The number of benzene rings is 6. The standard InChI is InChI=1S/C38H30O2P2/c39-37(40)38(41(31-19-7-1-8-20-31,32-21-9-2-10-22-32)33-23-11-3-12-24-33)42(34-25-13-4-14-26-34,35-27-15-5-16-28-35)36-29-17-6-18-30-36/h1-30H/p+1. The highest BCUT2D eigenvalue weighted by atomic mass is 31.2. The molecule has 0 radical (unpaired) electrons. The lowest BCUT2D eigenvalue weighted by molar-refractivity contribution is -0.128. The minimum atomic E-state index is -2.97. The van der Waals surface area contributed by atoms with Crippen LogP contribution >= 0.6 is 14.1 Å².